The minimum absolute atomic E-state index is 0.0593. The summed E-state index contributed by atoms with van der Waals surface area (Å²) in [5, 5.41) is 3.87. The minimum atomic E-state index is 0.0593. The van der Waals surface area contributed by atoms with E-state index in [9.17, 15) is 0 Å². The molecule has 0 amide bonds. The Morgan fingerprint density at radius 1 is 1.12 bits per heavy atom. The van der Waals surface area contributed by atoms with Gasteiger partial charge < -0.3 is 15.8 Å². The van der Waals surface area contributed by atoms with Crippen molar-refractivity contribution < 1.29 is 4.74 Å². The molecule has 0 radical (unpaired) electrons. The second-order valence-corrected chi connectivity index (χ2v) is 5.90. The first-order valence-corrected chi connectivity index (χ1v) is 7.27. The second-order valence-electron chi connectivity index (χ2n) is 5.90. The summed E-state index contributed by atoms with van der Waals surface area (Å²) in [6.45, 7) is 1.48. The van der Waals surface area contributed by atoms with E-state index in [1.54, 1.807) is 7.11 Å². The molecule has 17 heavy (non-hydrogen) atoms. The van der Waals surface area contributed by atoms with Gasteiger partial charge in [-0.2, -0.15) is 0 Å². The fourth-order valence-corrected chi connectivity index (χ4v) is 3.29. The molecule has 0 aromatic carbocycles. The van der Waals surface area contributed by atoms with Gasteiger partial charge in [-0.05, 0) is 31.6 Å². The van der Waals surface area contributed by atoms with E-state index >= 15 is 0 Å². The van der Waals surface area contributed by atoms with Crippen molar-refractivity contribution in [2.45, 2.75) is 62.9 Å². The number of hydrogen-bond acceptors (Lipinski definition) is 3. The molecular weight excluding hydrogens is 212 g/mol. The van der Waals surface area contributed by atoms with Gasteiger partial charge in [-0.1, -0.05) is 25.7 Å². The second kappa shape index (κ2) is 6.17. The molecule has 100 valence electrons. The van der Waals surface area contributed by atoms with Crippen LogP contribution in [0.25, 0.3) is 0 Å². The number of nitrogens with two attached hydrogens (primary N) is 1. The normalized spacial score (nSPS) is 26.5. The van der Waals surface area contributed by atoms with Crippen molar-refractivity contribution in [3.05, 3.63) is 0 Å². The van der Waals surface area contributed by atoms with Gasteiger partial charge in [0.05, 0.1) is 12.1 Å². The van der Waals surface area contributed by atoms with Gasteiger partial charge in [0, 0.05) is 19.7 Å². The van der Waals surface area contributed by atoms with Gasteiger partial charge in [0.15, 0.2) is 0 Å². The van der Waals surface area contributed by atoms with E-state index in [2.05, 4.69) is 5.32 Å². The van der Waals surface area contributed by atoms with E-state index in [1.807, 2.05) is 0 Å². The van der Waals surface area contributed by atoms with Crippen molar-refractivity contribution in [1.29, 1.82) is 0 Å². The molecule has 1 atom stereocenters. The zero-order chi connectivity index (χ0) is 12.1. The van der Waals surface area contributed by atoms with E-state index in [1.165, 1.54) is 51.4 Å². The summed E-state index contributed by atoms with van der Waals surface area (Å²) >= 11 is 0. The molecule has 1 unspecified atom stereocenters. The van der Waals surface area contributed by atoms with Crippen LogP contribution in [0.4, 0.5) is 0 Å². The van der Waals surface area contributed by atoms with Crippen LogP contribution in [-0.4, -0.2) is 31.8 Å². The lowest BCUT2D eigenvalue weighted by Crippen LogP contribution is -2.59. The largest absolute Gasteiger partial charge is 0.383 e. The van der Waals surface area contributed by atoms with Crippen LogP contribution in [-0.2, 0) is 4.74 Å². The molecule has 3 nitrogen and oxygen atoms in total. The Kier molecular flexibility index (Phi) is 4.83. The fourth-order valence-electron chi connectivity index (χ4n) is 3.29. The number of hydrogen-bond donors (Lipinski definition) is 2. The minimum Gasteiger partial charge on any atom is -0.383 e. The molecule has 2 aliphatic carbocycles. The van der Waals surface area contributed by atoms with Gasteiger partial charge in [-0.3, -0.25) is 0 Å². The average Bonchev–Trinajstić information content (AvgIpc) is 3.16. The molecule has 2 aliphatic rings. The molecule has 0 aliphatic heterocycles. The van der Waals surface area contributed by atoms with Crippen molar-refractivity contribution in [3.8, 4) is 0 Å². The SMILES string of the molecule is COCC(CN)(NC1CCCCCC1)C1CC1. The summed E-state index contributed by atoms with van der Waals surface area (Å²) in [6.07, 6.45) is 10.8. The zero-order valence-corrected chi connectivity index (χ0v) is 11.2. The average molecular weight is 240 g/mol. The maximum absolute atomic E-state index is 6.05. The first-order chi connectivity index (χ1) is 8.30. The third kappa shape index (κ3) is 3.43. The lowest BCUT2D eigenvalue weighted by Gasteiger charge is -2.37. The molecule has 2 rings (SSSR count). The highest BCUT2D eigenvalue weighted by molar-refractivity contribution is 5.03. The van der Waals surface area contributed by atoms with Gasteiger partial charge in [0.1, 0.15) is 0 Å². The molecule has 2 saturated carbocycles. The number of nitrogens with one attached hydrogen (secondary N) is 1. The Bertz CT molecular complexity index is 222. The van der Waals surface area contributed by atoms with Crippen LogP contribution in [0, 0.1) is 5.92 Å². The molecule has 3 heteroatoms. The van der Waals surface area contributed by atoms with Crippen LogP contribution in [0.5, 0.6) is 0 Å². The van der Waals surface area contributed by atoms with Crippen molar-refractivity contribution in [3.63, 3.8) is 0 Å². The summed E-state index contributed by atoms with van der Waals surface area (Å²) in [7, 11) is 1.79. The van der Waals surface area contributed by atoms with Crippen molar-refractivity contribution in [1.82, 2.24) is 5.32 Å². The van der Waals surface area contributed by atoms with Crippen molar-refractivity contribution in [2.75, 3.05) is 20.3 Å². The zero-order valence-electron chi connectivity index (χ0n) is 11.2. The van der Waals surface area contributed by atoms with Gasteiger partial charge in [0.25, 0.3) is 0 Å². The van der Waals surface area contributed by atoms with Crippen LogP contribution in [0.15, 0.2) is 0 Å². The third-order valence-corrected chi connectivity index (χ3v) is 4.47. The van der Waals surface area contributed by atoms with Gasteiger partial charge in [-0.15, -0.1) is 0 Å². The van der Waals surface area contributed by atoms with E-state index in [4.69, 9.17) is 10.5 Å². The standard InChI is InChI=1S/C14H28N2O/c1-17-11-14(10-15,12-8-9-12)16-13-6-4-2-3-5-7-13/h12-13,16H,2-11,15H2,1H3. The number of ether oxygens (including phenoxy) is 1. The molecule has 0 aromatic rings. The lowest BCUT2D eigenvalue weighted by atomic mass is 9.91. The molecule has 0 bridgehead atoms. The predicted molar refractivity (Wildman–Crippen MR) is 71.0 cm³/mol. The molecule has 3 N–H and O–H groups in total. The van der Waals surface area contributed by atoms with Gasteiger partial charge in [-0.25, -0.2) is 0 Å². The summed E-state index contributed by atoms with van der Waals surface area (Å²) in [4.78, 5) is 0. The Hall–Kier alpha value is -0.120. The highest BCUT2D eigenvalue weighted by Gasteiger charge is 2.45. The number of methoxy groups -OCH3 is 1. The molecule has 0 aromatic heterocycles. The molecule has 0 spiro atoms. The highest BCUT2D eigenvalue weighted by Crippen LogP contribution is 2.40. The highest BCUT2D eigenvalue weighted by atomic mass is 16.5. The summed E-state index contributed by atoms with van der Waals surface area (Å²) in [6, 6.07) is 0.664. The summed E-state index contributed by atoms with van der Waals surface area (Å²) in [5.41, 5.74) is 6.11. The fraction of sp³-hybridized carbons (Fsp3) is 1.00. The lowest BCUT2D eigenvalue weighted by molar-refractivity contribution is 0.0876. The van der Waals surface area contributed by atoms with E-state index in [0.717, 1.165) is 12.5 Å². The summed E-state index contributed by atoms with van der Waals surface area (Å²) in [5.74, 6) is 0.746. The van der Waals surface area contributed by atoms with Crippen LogP contribution in [0.2, 0.25) is 0 Å². The Morgan fingerprint density at radius 3 is 2.24 bits per heavy atom. The monoisotopic (exact) mass is 240 g/mol. The van der Waals surface area contributed by atoms with Crippen LogP contribution in [0.1, 0.15) is 51.4 Å². The quantitative estimate of drug-likeness (QED) is 0.699. The maximum atomic E-state index is 6.05. The van der Waals surface area contributed by atoms with Crippen molar-refractivity contribution in [2.24, 2.45) is 11.7 Å². The maximum Gasteiger partial charge on any atom is 0.0659 e. The van der Waals surface area contributed by atoms with E-state index in [0.29, 0.717) is 12.6 Å². The topological polar surface area (TPSA) is 47.3 Å². The first kappa shape index (κ1) is 13.3. The first-order valence-electron chi connectivity index (χ1n) is 7.27. The van der Waals surface area contributed by atoms with Gasteiger partial charge >= 0.3 is 0 Å². The molecule has 2 fully saturated rings. The summed E-state index contributed by atoms with van der Waals surface area (Å²) < 4.78 is 5.43. The van der Waals surface area contributed by atoms with E-state index in [-0.39, 0.29) is 5.54 Å². The van der Waals surface area contributed by atoms with E-state index < -0.39 is 0 Å². The van der Waals surface area contributed by atoms with Crippen LogP contribution >= 0.6 is 0 Å². The van der Waals surface area contributed by atoms with Gasteiger partial charge in [0.2, 0.25) is 0 Å². The van der Waals surface area contributed by atoms with Crippen molar-refractivity contribution >= 4 is 0 Å². The molecule has 0 heterocycles. The number of rotatable bonds is 6. The molecule has 0 saturated heterocycles. The third-order valence-electron chi connectivity index (χ3n) is 4.47. The Balaban J connectivity index is 1.94. The Labute approximate surface area is 105 Å². The van der Waals surface area contributed by atoms with Crippen LogP contribution in [0.3, 0.4) is 0 Å². The van der Waals surface area contributed by atoms with Crippen LogP contribution < -0.4 is 11.1 Å². The predicted octanol–water partition coefficient (Wildman–Crippen LogP) is 2.05. The smallest absolute Gasteiger partial charge is 0.0659 e. The molecular formula is C14H28N2O. The Morgan fingerprint density at radius 2 is 1.76 bits per heavy atom.